The molecule has 1 saturated heterocycles. The third-order valence-corrected chi connectivity index (χ3v) is 7.10. The van der Waals surface area contributed by atoms with Crippen LogP contribution in [0.25, 0.3) is 5.65 Å². The maximum absolute atomic E-state index is 14.1. The molecule has 1 N–H and O–H groups in total. The van der Waals surface area contributed by atoms with Crippen LogP contribution in [0.1, 0.15) is 53.1 Å². The van der Waals surface area contributed by atoms with Crippen molar-refractivity contribution < 1.29 is 32.9 Å². The maximum Gasteiger partial charge on any atom is 0.182 e. The Morgan fingerprint density at radius 3 is 2.46 bits per heavy atom. The van der Waals surface area contributed by atoms with Crippen LogP contribution in [0.4, 0.5) is 8.78 Å². The van der Waals surface area contributed by atoms with Crippen LogP contribution in [-0.4, -0.2) is 39.3 Å². The highest BCUT2D eigenvalue weighted by Gasteiger charge is 2.43. The number of pyridine rings is 1. The van der Waals surface area contributed by atoms with Crippen molar-refractivity contribution in [2.24, 2.45) is 0 Å². The lowest BCUT2D eigenvalue weighted by molar-refractivity contribution is -0.269. The lowest BCUT2D eigenvalue weighted by atomic mass is 9.76. The number of carbonyl (C=O) groups excluding carboxylic acids is 1. The second-order valence-electron chi connectivity index (χ2n) is 10.3. The fraction of sp³-hybridized carbons (Fsp3) is 0.333. The van der Waals surface area contributed by atoms with E-state index in [-0.39, 0.29) is 44.2 Å². The van der Waals surface area contributed by atoms with Crippen molar-refractivity contribution in [1.82, 2.24) is 9.38 Å². The van der Waals surface area contributed by atoms with Crippen molar-refractivity contribution >= 4 is 11.4 Å². The Kier molecular flexibility index (Phi) is 7.24. The maximum atomic E-state index is 14.1. The highest BCUT2D eigenvalue weighted by molar-refractivity contribution is 5.97. The minimum atomic E-state index is -0.787. The van der Waals surface area contributed by atoms with Crippen LogP contribution in [0.5, 0.6) is 5.75 Å². The molecule has 1 fully saturated rings. The van der Waals surface area contributed by atoms with Crippen LogP contribution in [0.3, 0.4) is 0 Å². The number of aliphatic hydroxyl groups excluding tert-OH is 1. The highest BCUT2D eigenvalue weighted by atomic mass is 19.1. The molecule has 0 unspecified atom stereocenters. The fourth-order valence-corrected chi connectivity index (χ4v) is 4.89. The van der Waals surface area contributed by atoms with Crippen molar-refractivity contribution in [3.8, 4) is 5.75 Å². The number of benzene rings is 2. The van der Waals surface area contributed by atoms with Crippen molar-refractivity contribution in [1.29, 1.82) is 0 Å². The quantitative estimate of drug-likeness (QED) is 0.309. The van der Waals surface area contributed by atoms with Gasteiger partial charge in [0.15, 0.2) is 23.0 Å². The average Bonchev–Trinajstić information content (AvgIpc) is 3.26. The Morgan fingerprint density at radius 1 is 1.08 bits per heavy atom. The number of halogens is 2. The zero-order valence-electron chi connectivity index (χ0n) is 22.0. The van der Waals surface area contributed by atoms with Crippen LogP contribution in [-0.2, 0) is 28.1 Å². The van der Waals surface area contributed by atoms with Crippen molar-refractivity contribution in [3.05, 3.63) is 101 Å². The Bertz CT molecular complexity index is 1500. The number of carbonyl (C=O) groups is 1. The van der Waals surface area contributed by atoms with E-state index in [1.54, 1.807) is 29.7 Å². The van der Waals surface area contributed by atoms with Gasteiger partial charge in [-0.1, -0.05) is 30.3 Å². The van der Waals surface area contributed by atoms with Gasteiger partial charge in [0.25, 0.3) is 0 Å². The molecule has 2 aromatic heterocycles. The van der Waals surface area contributed by atoms with Crippen molar-refractivity contribution in [3.63, 3.8) is 0 Å². The fourth-order valence-electron chi connectivity index (χ4n) is 4.89. The summed E-state index contributed by atoms with van der Waals surface area (Å²) in [6, 6.07) is 14.4. The Balaban J connectivity index is 1.47. The SMILES string of the molecule is Cc1nc2c(OCc3c(F)cccc3F)cccn2c1C(=O)CC1(c2cccc(CO)c2)COC(C)(C)OC1. The summed E-state index contributed by atoms with van der Waals surface area (Å²) in [7, 11) is 0. The molecule has 0 aliphatic carbocycles. The molecule has 0 bridgehead atoms. The third-order valence-electron chi connectivity index (χ3n) is 7.10. The van der Waals surface area contributed by atoms with E-state index in [4.69, 9.17) is 14.2 Å². The number of hydrogen-bond donors (Lipinski definition) is 1. The average molecular weight is 537 g/mol. The van der Waals surface area contributed by atoms with Crippen molar-refractivity contribution in [2.75, 3.05) is 13.2 Å². The standard InChI is InChI=1S/C30H30F2N2O5/c1-19-27(34-12-6-11-26(28(34)33-19)37-16-22-23(31)9-5-10-24(22)32)25(36)14-30(17-38-29(2,3)39-18-30)21-8-4-7-20(13-21)15-35/h4-13,35H,14-18H2,1-3H3. The van der Waals surface area contributed by atoms with E-state index in [2.05, 4.69) is 4.98 Å². The molecule has 3 heterocycles. The van der Waals surface area contributed by atoms with Gasteiger partial charge in [-0.15, -0.1) is 0 Å². The second-order valence-corrected chi connectivity index (χ2v) is 10.3. The van der Waals surface area contributed by atoms with Gasteiger partial charge in [-0.2, -0.15) is 0 Å². The molecular weight excluding hydrogens is 506 g/mol. The summed E-state index contributed by atoms with van der Waals surface area (Å²) in [4.78, 5) is 18.5. The third kappa shape index (κ3) is 5.30. The summed E-state index contributed by atoms with van der Waals surface area (Å²) >= 11 is 0. The largest absolute Gasteiger partial charge is 0.485 e. The number of nitrogens with zero attached hydrogens (tertiary/aromatic N) is 2. The molecule has 0 radical (unpaired) electrons. The lowest BCUT2D eigenvalue weighted by Gasteiger charge is -2.43. The number of rotatable bonds is 8. The van der Waals surface area contributed by atoms with Gasteiger partial charge >= 0.3 is 0 Å². The summed E-state index contributed by atoms with van der Waals surface area (Å²) in [6.45, 7) is 5.42. The van der Waals surface area contributed by atoms with E-state index < -0.39 is 22.8 Å². The van der Waals surface area contributed by atoms with Crippen LogP contribution in [0.2, 0.25) is 0 Å². The number of imidazole rings is 1. The van der Waals surface area contributed by atoms with Gasteiger partial charge in [-0.3, -0.25) is 9.20 Å². The number of aryl methyl sites for hydroxylation is 1. The first-order valence-electron chi connectivity index (χ1n) is 12.7. The van der Waals surface area contributed by atoms with Gasteiger partial charge < -0.3 is 19.3 Å². The van der Waals surface area contributed by atoms with E-state index in [0.717, 1.165) is 11.1 Å². The molecule has 39 heavy (non-hydrogen) atoms. The highest BCUT2D eigenvalue weighted by Crippen LogP contribution is 2.38. The molecule has 5 rings (SSSR count). The predicted molar refractivity (Wildman–Crippen MR) is 140 cm³/mol. The number of aliphatic hydroxyl groups is 1. The number of ether oxygens (including phenoxy) is 3. The molecule has 4 aromatic rings. The first-order valence-corrected chi connectivity index (χ1v) is 12.7. The molecule has 9 heteroatoms. The Morgan fingerprint density at radius 2 is 1.77 bits per heavy atom. The number of Topliss-reactive ketones (excluding diaryl/α,β-unsaturated/α-hetero) is 1. The molecule has 0 amide bonds. The molecule has 204 valence electrons. The van der Waals surface area contributed by atoms with Gasteiger partial charge in [0.1, 0.15) is 23.9 Å². The number of fused-ring (bicyclic) bond motifs is 1. The Labute approximate surface area is 225 Å². The molecule has 0 saturated carbocycles. The van der Waals surface area contributed by atoms with E-state index in [0.29, 0.717) is 22.8 Å². The van der Waals surface area contributed by atoms with E-state index in [9.17, 15) is 18.7 Å². The zero-order valence-corrected chi connectivity index (χ0v) is 22.0. The van der Waals surface area contributed by atoms with Crippen LogP contribution in [0.15, 0.2) is 60.8 Å². The van der Waals surface area contributed by atoms with Gasteiger partial charge in [0, 0.05) is 18.0 Å². The normalized spacial score (nSPS) is 16.4. The smallest absolute Gasteiger partial charge is 0.182 e. The minimum absolute atomic E-state index is 0.0676. The first kappa shape index (κ1) is 26.9. The van der Waals surface area contributed by atoms with Gasteiger partial charge in [0.05, 0.1) is 31.1 Å². The molecule has 1 aliphatic rings. The monoisotopic (exact) mass is 536 g/mol. The number of hydrogen-bond acceptors (Lipinski definition) is 6. The summed E-state index contributed by atoms with van der Waals surface area (Å²) in [5.41, 5.74) is 1.81. The number of ketones is 1. The molecule has 7 nitrogen and oxygen atoms in total. The van der Waals surface area contributed by atoms with Crippen LogP contribution < -0.4 is 4.74 Å². The topological polar surface area (TPSA) is 82.3 Å². The first-order chi connectivity index (χ1) is 18.6. The molecule has 1 aliphatic heterocycles. The zero-order chi connectivity index (χ0) is 27.8. The Hall–Kier alpha value is -3.66. The minimum Gasteiger partial charge on any atom is -0.485 e. The molecule has 0 atom stereocenters. The van der Waals surface area contributed by atoms with Crippen LogP contribution >= 0.6 is 0 Å². The lowest BCUT2D eigenvalue weighted by Crippen LogP contribution is -2.50. The van der Waals surface area contributed by atoms with E-state index in [1.807, 2.05) is 38.1 Å². The molecular formula is C30H30F2N2O5. The molecule has 0 spiro atoms. The summed E-state index contributed by atoms with van der Waals surface area (Å²) in [5, 5.41) is 9.69. The number of aromatic nitrogens is 2. The van der Waals surface area contributed by atoms with Gasteiger partial charge in [-0.05, 0) is 56.2 Å². The summed E-state index contributed by atoms with van der Waals surface area (Å²) < 4.78 is 47.7. The predicted octanol–water partition coefficient (Wildman–Crippen LogP) is 5.29. The van der Waals surface area contributed by atoms with E-state index >= 15 is 0 Å². The van der Waals surface area contributed by atoms with Crippen molar-refractivity contribution in [2.45, 2.75) is 51.6 Å². The van der Waals surface area contributed by atoms with Crippen LogP contribution in [0, 0.1) is 18.6 Å². The summed E-state index contributed by atoms with van der Waals surface area (Å²) in [6.07, 6.45) is 1.77. The van der Waals surface area contributed by atoms with Gasteiger partial charge in [-0.25, -0.2) is 13.8 Å². The van der Waals surface area contributed by atoms with E-state index in [1.165, 1.54) is 18.2 Å². The summed E-state index contributed by atoms with van der Waals surface area (Å²) in [5.74, 6) is -2.08. The van der Waals surface area contributed by atoms with Gasteiger partial charge in [0.2, 0.25) is 0 Å². The second kappa shape index (κ2) is 10.5. The molecule has 2 aromatic carbocycles.